The fraction of sp³-hybridized carbons (Fsp3) is 0.429. The largest absolute Gasteiger partial charge is 0.326 e. The smallest absolute Gasteiger partial charge is 0.264 e. The van der Waals surface area contributed by atoms with Crippen molar-refractivity contribution >= 4 is 22.6 Å². The molecule has 0 spiro atoms. The van der Waals surface area contributed by atoms with Crippen LogP contribution in [0.2, 0.25) is 0 Å². The molecule has 2 heterocycles. The average Bonchev–Trinajstić information content (AvgIpc) is 3.02. The van der Waals surface area contributed by atoms with Gasteiger partial charge in [-0.05, 0) is 58.7 Å². The van der Waals surface area contributed by atoms with Crippen molar-refractivity contribution < 1.29 is 4.79 Å². The summed E-state index contributed by atoms with van der Waals surface area (Å²) in [6.45, 7) is 12.0. The first kappa shape index (κ1) is 19.8. The van der Waals surface area contributed by atoms with Gasteiger partial charge in [0.15, 0.2) is 5.65 Å². The number of hydrogen-bond donors (Lipinski definition) is 1. The molecule has 0 atom stereocenters. The molecule has 0 radical (unpaired) electrons. The number of fused-ring (bicyclic) bond motifs is 1. The quantitative estimate of drug-likeness (QED) is 0.752. The van der Waals surface area contributed by atoms with Gasteiger partial charge in [0.2, 0.25) is 5.91 Å². The fourth-order valence-corrected chi connectivity index (χ4v) is 3.16. The maximum absolute atomic E-state index is 12.9. The van der Waals surface area contributed by atoms with Crippen LogP contribution < -0.4 is 10.9 Å². The molecule has 0 fully saturated rings. The molecular weight excluding hydrogens is 354 g/mol. The molecule has 3 aromatic rings. The topological polar surface area (TPSA) is 81.8 Å². The van der Waals surface area contributed by atoms with E-state index in [1.165, 1.54) is 0 Å². The summed E-state index contributed by atoms with van der Waals surface area (Å²) in [4.78, 5) is 29.9. The monoisotopic (exact) mass is 381 g/mol. The number of anilines is 1. The Hall–Kier alpha value is -2.96. The lowest BCUT2D eigenvalue weighted by atomic mass is 10.1. The van der Waals surface area contributed by atoms with Crippen molar-refractivity contribution in [2.24, 2.45) is 0 Å². The SMILES string of the molecule is Cc1ccc(C)c(NC(=O)CCn2c(C)nc3c(cnn3C(C)(C)C)c2=O)c1. The van der Waals surface area contributed by atoms with E-state index in [4.69, 9.17) is 0 Å². The van der Waals surface area contributed by atoms with E-state index < -0.39 is 0 Å². The summed E-state index contributed by atoms with van der Waals surface area (Å²) in [6.07, 6.45) is 1.75. The molecule has 0 aliphatic carbocycles. The van der Waals surface area contributed by atoms with Gasteiger partial charge in [0.1, 0.15) is 11.2 Å². The van der Waals surface area contributed by atoms with Crippen molar-refractivity contribution in [1.29, 1.82) is 0 Å². The molecule has 0 aliphatic heterocycles. The molecule has 0 saturated carbocycles. The Morgan fingerprint density at radius 2 is 1.89 bits per heavy atom. The Balaban J connectivity index is 1.82. The lowest BCUT2D eigenvalue weighted by Crippen LogP contribution is -2.28. The lowest BCUT2D eigenvalue weighted by Gasteiger charge is -2.20. The maximum Gasteiger partial charge on any atom is 0.264 e. The van der Waals surface area contributed by atoms with Crippen LogP contribution in [-0.4, -0.2) is 25.2 Å². The molecule has 28 heavy (non-hydrogen) atoms. The van der Waals surface area contributed by atoms with Crippen LogP contribution in [-0.2, 0) is 16.9 Å². The van der Waals surface area contributed by atoms with Gasteiger partial charge in [0.25, 0.3) is 5.56 Å². The highest BCUT2D eigenvalue weighted by Gasteiger charge is 2.21. The summed E-state index contributed by atoms with van der Waals surface area (Å²) >= 11 is 0. The Morgan fingerprint density at radius 1 is 1.18 bits per heavy atom. The maximum atomic E-state index is 12.9. The van der Waals surface area contributed by atoms with Gasteiger partial charge in [-0.25, -0.2) is 9.67 Å². The molecule has 3 rings (SSSR count). The molecule has 148 valence electrons. The number of nitrogens with zero attached hydrogens (tertiary/aromatic N) is 4. The summed E-state index contributed by atoms with van der Waals surface area (Å²) < 4.78 is 3.30. The zero-order chi connectivity index (χ0) is 20.6. The molecule has 1 aromatic carbocycles. The normalized spacial score (nSPS) is 11.8. The number of aryl methyl sites for hydroxylation is 3. The average molecular weight is 381 g/mol. The lowest BCUT2D eigenvalue weighted by molar-refractivity contribution is -0.116. The Bertz CT molecular complexity index is 1100. The van der Waals surface area contributed by atoms with Crippen LogP contribution in [0.5, 0.6) is 0 Å². The number of carbonyl (C=O) groups is 1. The first-order valence-corrected chi connectivity index (χ1v) is 9.40. The Kier molecular flexibility index (Phi) is 5.10. The van der Waals surface area contributed by atoms with Crippen LogP contribution >= 0.6 is 0 Å². The molecule has 2 aromatic heterocycles. The molecule has 0 unspecified atom stereocenters. The molecule has 1 N–H and O–H groups in total. The van der Waals surface area contributed by atoms with Crippen molar-refractivity contribution in [2.75, 3.05) is 5.32 Å². The number of hydrogen-bond acceptors (Lipinski definition) is 4. The second-order valence-corrected chi connectivity index (χ2v) is 8.20. The highest BCUT2D eigenvalue weighted by Crippen LogP contribution is 2.19. The third-order valence-corrected chi connectivity index (χ3v) is 4.74. The Labute approximate surface area is 164 Å². The minimum Gasteiger partial charge on any atom is -0.326 e. The van der Waals surface area contributed by atoms with Gasteiger partial charge in [-0.3, -0.25) is 14.2 Å². The highest BCUT2D eigenvalue weighted by molar-refractivity contribution is 5.91. The first-order valence-electron chi connectivity index (χ1n) is 9.40. The van der Waals surface area contributed by atoms with Crippen LogP contribution in [0.15, 0.2) is 29.2 Å². The standard InChI is InChI=1S/C21H27N5O2/c1-13-7-8-14(2)17(11-13)24-18(27)9-10-25-15(3)23-19-16(20(25)28)12-22-26(19)21(4,5)6/h7-8,11-12H,9-10H2,1-6H3,(H,24,27). The third-order valence-electron chi connectivity index (χ3n) is 4.74. The fourth-order valence-electron chi connectivity index (χ4n) is 3.16. The van der Waals surface area contributed by atoms with Gasteiger partial charge in [0, 0.05) is 18.7 Å². The van der Waals surface area contributed by atoms with Crippen LogP contribution in [0, 0.1) is 20.8 Å². The van der Waals surface area contributed by atoms with Crippen molar-refractivity contribution in [1.82, 2.24) is 19.3 Å². The number of aromatic nitrogens is 4. The van der Waals surface area contributed by atoms with E-state index in [1.807, 2.05) is 52.8 Å². The summed E-state index contributed by atoms with van der Waals surface area (Å²) in [6, 6.07) is 5.93. The molecule has 7 nitrogen and oxygen atoms in total. The zero-order valence-corrected chi connectivity index (χ0v) is 17.3. The molecule has 0 aliphatic rings. The summed E-state index contributed by atoms with van der Waals surface area (Å²) in [5.41, 5.74) is 3.02. The van der Waals surface area contributed by atoms with E-state index in [9.17, 15) is 9.59 Å². The van der Waals surface area contributed by atoms with E-state index in [1.54, 1.807) is 22.4 Å². The zero-order valence-electron chi connectivity index (χ0n) is 17.3. The summed E-state index contributed by atoms with van der Waals surface area (Å²) in [5, 5.41) is 7.74. The van der Waals surface area contributed by atoms with Gasteiger partial charge in [0.05, 0.1) is 11.7 Å². The van der Waals surface area contributed by atoms with Crippen LogP contribution in [0.4, 0.5) is 5.69 Å². The second kappa shape index (κ2) is 7.22. The summed E-state index contributed by atoms with van der Waals surface area (Å²) in [7, 11) is 0. The van der Waals surface area contributed by atoms with E-state index in [2.05, 4.69) is 15.4 Å². The van der Waals surface area contributed by atoms with Crippen molar-refractivity contribution in [3.63, 3.8) is 0 Å². The molecular formula is C21H27N5O2. The predicted octanol–water partition coefficient (Wildman–Crippen LogP) is 3.30. The Morgan fingerprint density at radius 3 is 2.57 bits per heavy atom. The van der Waals surface area contributed by atoms with E-state index >= 15 is 0 Å². The second-order valence-electron chi connectivity index (χ2n) is 8.20. The van der Waals surface area contributed by atoms with Crippen molar-refractivity contribution in [3.8, 4) is 0 Å². The predicted molar refractivity (Wildman–Crippen MR) is 111 cm³/mol. The molecule has 0 bridgehead atoms. The molecule has 1 amide bonds. The van der Waals surface area contributed by atoms with Crippen LogP contribution in [0.3, 0.4) is 0 Å². The molecule has 0 saturated heterocycles. The minimum atomic E-state index is -0.272. The minimum absolute atomic E-state index is 0.134. The van der Waals surface area contributed by atoms with Gasteiger partial charge < -0.3 is 5.32 Å². The van der Waals surface area contributed by atoms with Gasteiger partial charge in [-0.2, -0.15) is 5.10 Å². The van der Waals surface area contributed by atoms with Gasteiger partial charge in [-0.1, -0.05) is 12.1 Å². The van der Waals surface area contributed by atoms with Crippen LogP contribution in [0.25, 0.3) is 11.0 Å². The van der Waals surface area contributed by atoms with E-state index in [0.29, 0.717) is 16.9 Å². The molecule has 7 heteroatoms. The summed E-state index contributed by atoms with van der Waals surface area (Å²) in [5.74, 6) is 0.438. The number of nitrogens with one attached hydrogen (secondary N) is 1. The van der Waals surface area contributed by atoms with E-state index in [-0.39, 0.29) is 30.0 Å². The number of benzene rings is 1. The third kappa shape index (κ3) is 3.83. The van der Waals surface area contributed by atoms with Gasteiger partial charge in [-0.15, -0.1) is 0 Å². The first-order chi connectivity index (χ1) is 13.1. The van der Waals surface area contributed by atoms with Crippen LogP contribution in [0.1, 0.15) is 44.1 Å². The number of amides is 1. The van der Waals surface area contributed by atoms with Crippen molar-refractivity contribution in [3.05, 3.63) is 51.7 Å². The van der Waals surface area contributed by atoms with E-state index in [0.717, 1.165) is 16.8 Å². The number of rotatable bonds is 4. The van der Waals surface area contributed by atoms with Crippen molar-refractivity contribution in [2.45, 2.75) is 60.0 Å². The van der Waals surface area contributed by atoms with Gasteiger partial charge >= 0.3 is 0 Å². The number of carbonyl (C=O) groups excluding carboxylic acids is 1. The highest BCUT2D eigenvalue weighted by atomic mass is 16.2.